The summed E-state index contributed by atoms with van der Waals surface area (Å²) in [5.41, 5.74) is 6.01. The highest BCUT2D eigenvalue weighted by Crippen LogP contribution is 2.11. The van der Waals surface area contributed by atoms with Gasteiger partial charge in [0, 0.05) is 12.1 Å². The smallest absolute Gasteiger partial charge is 0.233 e. The van der Waals surface area contributed by atoms with Crippen LogP contribution in [0.15, 0.2) is 6.20 Å². The lowest BCUT2D eigenvalue weighted by Crippen LogP contribution is -2.16. The van der Waals surface area contributed by atoms with E-state index in [1.165, 1.54) is 6.20 Å². The molecule has 0 radical (unpaired) electrons. The van der Waals surface area contributed by atoms with Gasteiger partial charge >= 0.3 is 0 Å². The van der Waals surface area contributed by atoms with Crippen LogP contribution in [0.25, 0.3) is 0 Å². The van der Waals surface area contributed by atoms with Gasteiger partial charge in [-0.3, -0.25) is 9.82 Å². The van der Waals surface area contributed by atoms with Crippen LogP contribution in [0.3, 0.4) is 0 Å². The molecule has 0 aliphatic carbocycles. The van der Waals surface area contributed by atoms with Gasteiger partial charge in [-0.25, -0.2) is 8.42 Å². The average molecular weight is 204 g/mol. The van der Waals surface area contributed by atoms with Gasteiger partial charge in [-0.1, -0.05) is 0 Å². The average Bonchev–Trinajstić information content (AvgIpc) is 2.51. The Bertz CT molecular complexity index is 370. The van der Waals surface area contributed by atoms with Gasteiger partial charge in [-0.05, 0) is 6.92 Å². The molecular formula is C6H12N4O2S. The molecule has 1 aromatic heterocycles. The summed E-state index contributed by atoms with van der Waals surface area (Å²) in [5.74, 6) is 0.375. The van der Waals surface area contributed by atoms with E-state index in [1.54, 1.807) is 6.92 Å². The number of sulfonamides is 1. The first kappa shape index (κ1) is 10.0. The largest absolute Gasteiger partial charge is 0.326 e. The van der Waals surface area contributed by atoms with E-state index in [0.29, 0.717) is 11.4 Å². The fourth-order valence-electron chi connectivity index (χ4n) is 0.782. The summed E-state index contributed by atoms with van der Waals surface area (Å²) in [4.78, 5) is 0. The third-order valence-electron chi connectivity index (χ3n) is 1.58. The van der Waals surface area contributed by atoms with Crippen molar-refractivity contribution in [1.29, 1.82) is 0 Å². The van der Waals surface area contributed by atoms with Gasteiger partial charge < -0.3 is 5.73 Å². The van der Waals surface area contributed by atoms with Crippen LogP contribution >= 0.6 is 0 Å². The Kier molecular flexibility index (Phi) is 2.89. The topological polar surface area (TPSA) is 101 Å². The molecule has 1 rings (SSSR count). The maximum Gasteiger partial charge on any atom is 0.233 e. The van der Waals surface area contributed by atoms with E-state index in [9.17, 15) is 8.42 Å². The third kappa shape index (κ3) is 2.43. The molecule has 0 unspecified atom stereocenters. The molecular weight excluding hydrogens is 192 g/mol. The maximum absolute atomic E-state index is 11.1. The predicted octanol–water partition coefficient (Wildman–Crippen LogP) is -0.370. The Labute approximate surface area is 76.6 Å². The summed E-state index contributed by atoms with van der Waals surface area (Å²) in [6.07, 6.45) is 1.49. The fourth-order valence-corrected chi connectivity index (χ4v) is 1.41. The van der Waals surface area contributed by atoms with E-state index in [-0.39, 0.29) is 12.3 Å². The highest BCUT2D eigenvalue weighted by Gasteiger charge is 2.10. The first-order valence-corrected chi connectivity index (χ1v) is 5.47. The number of nitrogens with one attached hydrogen (secondary N) is 2. The van der Waals surface area contributed by atoms with Gasteiger partial charge in [0.1, 0.15) is 5.82 Å². The molecule has 1 aromatic rings. The first-order valence-electron chi connectivity index (χ1n) is 3.82. The lowest BCUT2D eigenvalue weighted by Gasteiger charge is -2.04. The summed E-state index contributed by atoms with van der Waals surface area (Å²) >= 11 is 0. The highest BCUT2D eigenvalue weighted by molar-refractivity contribution is 7.92. The lowest BCUT2D eigenvalue weighted by atomic mass is 10.3. The molecule has 0 bridgehead atoms. The maximum atomic E-state index is 11.1. The van der Waals surface area contributed by atoms with Crippen molar-refractivity contribution in [2.24, 2.45) is 5.73 Å². The fraction of sp³-hybridized carbons (Fsp3) is 0.500. The summed E-state index contributed by atoms with van der Waals surface area (Å²) < 4.78 is 24.6. The molecule has 0 amide bonds. The number of hydrogen-bond acceptors (Lipinski definition) is 4. The van der Waals surface area contributed by atoms with Crippen LogP contribution in [-0.4, -0.2) is 24.4 Å². The van der Waals surface area contributed by atoms with E-state index in [4.69, 9.17) is 5.73 Å². The molecule has 0 saturated carbocycles. The van der Waals surface area contributed by atoms with Crippen molar-refractivity contribution in [2.45, 2.75) is 13.5 Å². The number of H-pyrrole nitrogens is 1. The normalized spacial score (nSPS) is 11.5. The molecule has 6 nitrogen and oxygen atoms in total. The second-order valence-corrected chi connectivity index (χ2v) is 4.49. The molecule has 1 heterocycles. The summed E-state index contributed by atoms with van der Waals surface area (Å²) in [7, 11) is -3.25. The van der Waals surface area contributed by atoms with Crippen LogP contribution in [0.5, 0.6) is 0 Å². The van der Waals surface area contributed by atoms with Gasteiger partial charge in [-0.2, -0.15) is 5.10 Å². The van der Waals surface area contributed by atoms with Gasteiger partial charge in [0.2, 0.25) is 10.0 Å². The van der Waals surface area contributed by atoms with Crippen LogP contribution < -0.4 is 10.5 Å². The van der Waals surface area contributed by atoms with Crippen LogP contribution in [0.1, 0.15) is 12.5 Å². The Morgan fingerprint density at radius 1 is 1.69 bits per heavy atom. The standard InChI is InChI=1S/C6H12N4O2S/c1-2-13(11,12)10-6-5(3-7)4-8-9-6/h4H,2-3,7H2,1H3,(H2,8,9,10). The quantitative estimate of drug-likeness (QED) is 0.622. The molecule has 0 spiro atoms. The van der Waals surface area contributed by atoms with Crippen molar-refractivity contribution in [3.63, 3.8) is 0 Å². The highest BCUT2D eigenvalue weighted by atomic mass is 32.2. The zero-order chi connectivity index (χ0) is 9.90. The number of nitrogens with zero attached hydrogens (tertiary/aromatic N) is 1. The molecule has 0 aromatic carbocycles. The van der Waals surface area contributed by atoms with Crippen LogP contribution in [0.2, 0.25) is 0 Å². The Balaban J connectivity index is 2.86. The molecule has 0 aliphatic rings. The number of nitrogens with two attached hydrogens (primary N) is 1. The predicted molar refractivity (Wildman–Crippen MR) is 49.6 cm³/mol. The monoisotopic (exact) mass is 204 g/mol. The van der Waals surface area contributed by atoms with E-state index >= 15 is 0 Å². The van der Waals surface area contributed by atoms with E-state index in [1.807, 2.05) is 0 Å². The van der Waals surface area contributed by atoms with Crippen molar-refractivity contribution < 1.29 is 8.42 Å². The number of hydrogen-bond donors (Lipinski definition) is 3. The Morgan fingerprint density at radius 3 is 2.92 bits per heavy atom. The van der Waals surface area contributed by atoms with Crippen LogP contribution in [0.4, 0.5) is 5.82 Å². The van der Waals surface area contributed by atoms with Crippen LogP contribution in [0, 0.1) is 0 Å². The van der Waals surface area contributed by atoms with E-state index in [2.05, 4.69) is 14.9 Å². The lowest BCUT2D eigenvalue weighted by molar-refractivity contribution is 0.602. The summed E-state index contributed by atoms with van der Waals surface area (Å²) in [6, 6.07) is 0. The minimum atomic E-state index is -3.25. The minimum Gasteiger partial charge on any atom is -0.326 e. The second-order valence-electron chi connectivity index (χ2n) is 2.48. The minimum absolute atomic E-state index is 0.0238. The second kappa shape index (κ2) is 3.75. The molecule has 0 aliphatic heterocycles. The third-order valence-corrected chi connectivity index (χ3v) is 2.85. The van der Waals surface area contributed by atoms with E-state index < -0.39 is 10.0 Å². The van der Waals surface area contributed by atoms with Gasteiger partial charge in [0.05, 0.1) is 11.9 Å². The van der Waals surface area contributed by atoms with Gasteiger partial charge in [-0.15, -0.1) is 0 Å². The Hall–Kier alpha value is -1.08. The number of anilines is 1. The zero-order valence-corrected chi connectivity index (χ0v) is 8.06. The summed E-state index contributed by atoms with van der Waals surface area (Å²) in [5, 5.41) is 6.21. The zero-order valence-electron chi connectivity index (χ0n) is 7.24. The van der Waals surface area contributed by atoms with Gasteiger partial charge in [0.25, 0.3) is 0 Å². The van der Waals surface area contributed by atoms with Crippen molar-refractivity contribution in [3.05, 3.63) is 11.8 Å². The van der Waals surface area contributed by atoms with Crippen molar-refractivity contribution >= 4 is 15.8 Å². The molecule has 0 fully saturated rings. The van der Waals surface area contributed by atoms with Gasteiger partial charge in [0.15, 0.2) is 0 Å². The van der Waals surface area contributed by atoms with Crippen LogP contribution in [-0.2, 0) is 16.6 Å². The number of rotatable bonds is 4. The number of aromatic nitrogens is 2. The molecule has 0 atom stereocenters. The SMILES string of the molecule is CCS(=O)(=O)Nc1[nH]ncc1CN. The summed E-state index contributed by atoms with van der Waals surface area (Å²) in [6.45, 7) is 1.80. The molecule has 13 heavy (non-hydrogen) atoms. The van der Waals surface area contributed by atoms with Crippen molar-refractivity contribution in [3.8, 4) is 0 Å². The first-order chi connectivity index (χ1) is 6.09. The molecule has 4 N–H and O–H groups in total. The van der Waals surface area contributed by atoms with Crippen molar-refractivity contribution in [2.75, 3.05) is 10.5 Å². The molecule has 0 saturated heterocycles. The number of aromatic amines is 1. The molecule has 7 heteroatoms. The Morgan fingerprint density at radius 2 is 2.38 bits per heavy atom. The van der Waals surface area contributed by atoms with E-state index in [0.717, 1.165) is 0 Å². The van der Waals surface area contributed by atoms with Crippen molar-refractivity contribution in [1.82, 2.24) is 10.2 Å². The molecule has 74 valence electrons.